The number of nitriles is 1. The van der Waals surface area contributed by atoms with Gasteiger partial charge in [-0.05, 0) is 31.9 Å². The van der Waals surface area contributed by atoms with E-state index in [4.69, 9.17) is 0 Å². The van der Waals surface area contributed by atoms with Gasteiger partial charge in [0.05, 0.1) is 16.9 Å². The van der Waals surface area contributed by atoms with E-state index in [9.17, 15) is 14.4 Å². The summed E-state index contributed by atoms with van der Waals surface area (Å²) in [5, 5.41) is 20.3. The SMILES string of the molecule is CC(C)[C@](C)(C#N)NC(=O)[C@H](C)Sc1nnc(-c2ccccc2F)n1C. The van der Waals surface area contributed by atoms with Crippen LogP contribution in [-0.4, -0.2) is 31.5 Å². The molecule has 1 heterocycles. The Hall–Kier alpha value is -2.40. The summed E-state index contributed by atoms with van der Waals surface area (Å²) in [6.45, 7) is 7.19. The molecule has 0 radical (unpaired) electrons. The van der Waals surface area contributed by atoms with Gasteiger partial charge in [0.15, 0.2) is 11.0 Å². The molecule has 2 rings (SSSR count). The Morgan fingerprint density at radius 1 is 1.35 bits per heavy atom. The molecule has 8 heteroatoms. The average molecular weight is 375 g/mol. The Morgan fingerprint density at radius 2 is 2.00 bits per heavy atom. The molecule has 0 saturated heterocycles. The van der Waals surface area contributed by atoms with E-state index in [0.29, 0.717) is 16.5 Å². The molecule has 1 N–H and O–H groups in total. The van der Waals surface area contributed by atoms with E-state index in [2.05, 4.69) is 21.6 Å². The summed E-state index contributed by atoms with van der Waals surface area (Å²) in [5.74, 6) is -0.284. The van der Waals surface area contributed by atoms with Crippen LogP contribution in [0.5, 0.6) is 0 Å². The van der Waals surface area contributed by atoms with Crippen molar-refractivity contribution in [2.24, 2.45) is 13.0 Å². The number of benzene rings is 1. The second kappa shape index (κ2) is 7.87. The molecule has 2 aromatic rings. The molecule has 0 saturated carbocycles. The van der Waals surface area contributed by atoms with E-state index in [1.165, 1.54) is 17.8 Å². The Bertz CT molecular complexity index is 844. The predicted molar refractivity (Wildman–Crippen MR) is 98.7 cm³/mol. The van der Waals surface area contributed by atoms with Gasteiger partial charge in [-0.15, -0.1) is 10.2 Å². The van der Waals surface area contributed by atoms with Crippen molar-refractivity contribution in [1.29, 1.82) is 5.26 Å². The molecule has 1 aromatic heterocycles. The summed E-state index contributed by atoms with van der Waals surface area (Å²) >= 11 is 1.21. The molecule has 0 aliphatic carbocycles. The van der Waals surface area contributed by atoms with Crippen LogP contribution in [0.2, 0.25) is 0 Å². The standard InChI is InChI=1S/C18H22FN5OS/c1-11(2)18(4,10-20)21-16(25)12(3)26-17-23-22-15(24(17)5)13-8-6-7-9-14(13)19/h6-9,11-12H,1-5H3,(H,21,25)/t12-,18-/m0/s1. The lowest BCUT2D eigenvalue weighted by atomic mass is 9.90. The average Bonchev–Trinajstić information content (AvgIpc) is 2.95. The van der Waals surface area contributed by atoms with Crippen LogP contribution in [0.1, 0.15) is 27.7 Å². The van der Waals surface area contributed by atoms with Gasteiger partial charge in [-0.25, -0.2) is 4.39 Å². The molecular formula is C18H22FN5OS. The van der Waals surface area contributed by atoms with Crippen LogP contribution in [0, 0.1) is 23.1 Å². The number of carbonyl (C=O) groups excluding carboxylic acids is 1. The van der Waals surface area contributed by atoms with Gasteiger partial charge in [0.1, 0.15) is 11.4 Å². The van der Waals surface area contributed by atoms with Gasteiger partial charge >= 0.3 is 0 Å². The second-order valence-electron chi connectivity index (χ2n) is 6.56. The number of aromatic nitrogens is 3. The van der Waals surface area contributed by atoms with E-state index in [0.717, 1.165) is 0 Å². The van der Waals surface area contributed by atoms with Crippen molar-refractivity contribution in [1.82, 2.24) is 20.1 Å². The first kappa shape index (κ1) is 19.9. The van der Waals surface area contributed by atoms with Gasteiger partial charge in [0.2, 0.25) is 5.91 Å². The van der Waals surface area contributed by atoms with Gasteiger partial charge in [-0.2, -0.15) is 5.26 Å². The van der Waals surface area contributed by atoms with Crippen LogP contribution in [0.25, 0.3) is 11.4 Å². The Kier molecular flexibility index (Phi) is 6.03. The highest BCUT2D eigenvalue weighted by atomic mass is 32.2. The number of halogens is 1. The minimum Gasteiger partial charge on any atom is -0.337 e. The molecule has 0 fully saturated rings. The van der Waals surface area contributed by atoms with E-state index < -0.39 is 10.8 Å². The van der Waals surface area contributed by atoms with Crippen LogP contribution >= 0.6 is 11.8 Å². The summed E-state index contributed by atoms with van der Waals surface area (Å²) in [6.07, 6.45) is 0. The topological polar surface area (TPSA) is 83.6 Å². The molecule has 1 amide bonds. The van der Waals surface area contributed by atoms with Crippen molar-refractivity contribution in [3.8, 4) is 17.5 Å². The highest BCUT2D eigenvalue weighted by molar-refractivity contribution is 8.00. The third-order valence-electron chi connectivity index (χ3n) is 4.37. The summed E-state index contributed by atoms with van der Waals surface area (Å²) in [6, 6.07) is 8.48. The normalized spacial score (nSPS) is 14.5. The minimum absolute atomic E-state index is 0.0314. The van der Waals surface area contributed by atoms with Gasteiger partial charge in [-0.1, -0.05) is 37.7 Å². The third-order valence-corrected chi connectivity index (χ3v) is 5.50. The maximum Gasteiger partial charge on any atom is 0.234 e. The highest BCUT2D eigenvalue weighted by Crippen LogP contribution is 2.27. The fourth-order valence-corrected chi connectivity index (χ4v) is 2.98. The molecule has 26 heavy (non-hydrogen) atoms. The number of rotatable bonds is 6. The molecule has 138 valence electrons. The van der Waals surface area contributed by atoms with E-state index in [-0.39, 0.29) is 17.6 Å². The van der Waals surface area contributed by atoms with Crippen molar-refractivity contribution >= 4 is 17.7 Å². The van der Waals surface area contributed by atoms with Crippen LogP contribution in [0.15, 0.2) is 29.4 Å². The molecule has 0 aliphatic heterocycles. The zero-order chi connectivity index (χ0) is 19.5. The fourth-order valence-electron chi connectivity index (χ4n) is 2.17. The first-order valence-corrected chi connectivity index (χ1v) is 9.11. The molecular weight excluding hydrogens is 353 g/mol. The zero-order valence-corrected chi connectivity index (χ0v) is 16.3. The Labute approximate surface area is 156 Å². The van der Waals surface area contributed by atoms with Crippen LogP contribution in [0.3, 0.4) is 0 Å². The van der Waals surface area contributed by atoms with Gasteiger partial charge in [0, 0.05) is 7.05 Å². The Balaban J connectivity index is 2.16. The largest absolute Gasteiger partial charge is 0.337 e. The van der Waals surface area contributed by atoms with Crippen molar-refractivity contribution in [3.63, 3.8) is 0 Å². The molecule has 0 spiro atoms. The zero-order valence-electron chi connectivity index (χ0n) is 15.4. The maximum absolute atomic E-state index is 14.0. The number of hydrogen-bond acceptors (Lipinski definition) is 5. The lowest BCUT2D eigenvalue weighted by molar-refractivity contribution is -0.121. The smallest absolute Gasteiger partial charge is 0.234 e. The van der Waals surface area contributed by atoms with E-state index in [1.807, 2.05) is 13.8 Å². The van der Waals surface area contributed by atoms with Crippen LogP contribution in [-0.2, 0) is 11.8 Å². The summed E-state index contributed by atoms with van der Waals surface area (Å²) in [7, 11) is 1.72. The van der Waals surface area contributed by atoms with Crippen LogP contribution < -0.4 is 5.32 Å². The molecule has 0 unspecified atom stereocenters. The van der Waals surface area contributed by atoms with Crippen molar-refractivity contribution in [2.75, 3.05) is 0 Å². The number of nitrogens with zero attached hydrogens (tertiary/aromatic N) is 4. The Morgan fingerprint density at radius 3 is 2.58 bits per heavy atom. The summed E-state index contributed by atoms with van der Waals surface area (Å²) in [4.78, 5) is 12.5. The van der Waals surface area contributed by atoms with E-state index >= 15 is 0 Å². The predicted octanol–water partition coefficient (Wildman–Crippen LogP) is 3.16. The lowest BCUT2D eigenvalue weighted by Crippen LogP contribution is -2.51. The molecule has 6 nitrogen and oxygen atoms in total. The quantitative estimate of drug-likeness (QED) is 0.784. The number of nitrogens with one attached hydrogen (secondary N) is 1. The maximum atomic E-state index is 14.0. The van der Waals surface area contributed by atoms with Crippen LogP contribution in [0.4, 0.5) is 4.39 Å². The molecule has 0 bridgehead atoms. The highest BCUT2D eigenvalue weighted by Gasteiger charge is 2.32. The molecule has 1 aromatic carbocycles. The fraction of sp³-hybridized carbons (Fsp3) is 0.444. The summed E-state index contributed by atoms with van der Waals surface area (Å²) < 4.78 is 15.6. The lowest BCUT2D eigenvalue weighted by Gasteiger charge is -2.28. The number of carbonyl (C=O) groups is 1. The minimum atomic E-state index is -0.940. The van der Waals surface area contributed by atoms with Gasteiger partial charge < -0.3 is 9.88 Å². The number of amides is 1. The van der Waals surface area contributed by atoms with Crippen molar-refractivity contribution < 1.29 is 9.18 Å². The monoisotopic (exact) mass is 375 g/mol. The van der Waals surface area contributed by atoms with Crippen molar-refractivity contribution in [2.45, 2.75) is 43.6 Å². The number of thioether (sulfide) groups is 1. The first-order valence-electron chi connectivity index (χ1n) is 8.23. The van der Waals surface area contributed by atoms with Crippen molar-refractivity contribution in [3.05, 3.63) is 30.1 Å². The van der Waals surface area contributed by atoms with Gasteiger partial charge in [0.25, 0.3) is 0 Å². The molecule has 0 aliphatic rings. The second-order valence-corrected chi connectivity index (χ2v) is 7.87. The molecule has 2 atom stereocenters. The summed E-state index contributed by atoms with van der Waals surface area (Å²) in [5.41, 5.74) is -0.590. The third kappa shape index (κ3) is 4.05. The van der Waals surface area contributed by atoms with Gasteiger partial charge in [-0.3, -0.25) is 4.79 Å². The van der Waals surface area contributed by atoms with E-state index in [1.54, 1.807) is 43.7 Å². The first-order chi connectivity index (χ1) is 12.2. The number of hydrogen-bond donors (Lipinski definition) is 1.